The quantitative estimate of drug-likeness (QED) is 0.516. The van der Waals surface area contributed by atoms with Crippen LogP contribution in [0, 0.1) is 0 Å². The predicted molar refractivity (Wildman–Crippen MR) is 65.7 cm³/mol. The largest absolute Gasteiger partial charge is 1.00 e. The van der Waals surface area contributed by atoms with Gasteiger partial charge in [0.1, 0.15) is 0 Å². The second kappa shape index (κ2) is 8.82. The summed E-state index contributed by atoms with van der Waals surface area (Å²) in [6, 6.07) is 3.63. The van der Waals surface area contributed by atoms with E-state index in [1.807, 2.05) is 13.1 Å². The van der Waals surface area contributed by atoms with E-state index in [1.165, 1.54) is 0 Å². The number of imidazole rings is 1. The van der Waals surface area contributed by atoms with E-state index >= 15 is 0 Å². The van der Waals surface area contributed by atoms with Crippen LogP contribution in [-0.2, 0) is 23.2 Å². The minimum Gasteiger partial charge on any atom is -1.00 e. The summed E-state index contributed by atoms with van der Waals surface area (Å²) in [5, 5.41) is 0. The van der Waals surface area contributed by atoms with Crippen LogP contribution in [-0.4, -0.2) is 27.5 Å². The first kappa shape index (κ1) is 19.6. The molecule has 2 aromatic rings. The summed E-state index contributed by atoms with van der Waals surface area (Å²) in [6.07, 6.45) is 4.90. The average Bonchev–Trinajstić information content (AvgIpc) is 2.79. The number of rotatable bonds is 3. The second-order valence-electron chi connectivity index (χ2n) is 3.83. The standard InChI is InChI=1S/C11H11N4O.2ClH.Li.Zn/c1-14-8-13-7-10(14)11(16)15(2)9-4-3-5-12-6-9;;;;/h3-7H,1-2H3;2*1H;;/q;;;2*+1/p-2. The smallest absolute Gasteiger partial charge is 1.00 e. The maximum Gasteiger partial charge on any atom is 1.00 e. The first-order chi connectivity index (χ1) is 8.65. The van der Waals surface area contributed by atoms with Crippen molar-refractivity contribution in [1.82, 2.24) is 14.5 Å². The molecule has 9 heteroatoms. The van der Waals surface area contributed by atoms with Crippen molar-refractivity contribution in [2.75, 3.05) is 11.9 Å². The van der Waals surface area contributed by atoms with Gasteiger partial charge in [0, 0.05) is 0 Å². The Morgan fingerprint density at radius 3 is 2.65 bits per heavy atom. The number of carbonyl (C=O) groups is 1. The van der Waals surface area contributed by atoms with Crippen molar-refractivity contribution < 1.29 is 52.2 Å². The Balaban J connectivity index is 0.00000180. The molecule has 0 spiro atoms. The number of amides is 1. The van der Waals surface area contributed by atoms with Gasteiger partial charge in [-0.25, -0.2) is 0 Å². The third-order valence-corrected chi connectivity index (χ3v) is 5.88. The summed E-state index contributed by atoms with van der Waals surface area (Å²) in [4.78, 5) is 22.0. The average molecular weight is 358 g/mol. The summed E-state index contributed by atoms with van der Waals surface area (Å²) >= 11 is -1.31. The summed E-state index contributed by atoms with van der Waals surface area (Å²) in [5.74, 6) is -0.114. The maximum absolute atomic E-state index is 12.3. The van der Waals surface area contributed by atoms with Crippen molar-refractivity contribution in [3.05, 3.63) is 36.4 Å². The zero-order chi connectivity index (χ0) is 13.1. The third-order valence-electron chi connectivity index (χ3n) is 2.76. The maximum atomic E-state index is 12.3. The molecular weight excluding hydrogens is 347 g/mol. The molecule has 0 radical (unpaired) electrons. The fraction of sp³-hybridized carbons (Fsp3) is 0.182. The van der Waals surface area contributed by atoms with Gasteiger partial charge < -0.3 is 12.4 Å². The van der Waals surface area contributed by atoms with Crippen molar-refractivity contribution in [3.8, 4) is 0 Å². The molecule has 2 aromatic heterocycles. The summed E-state index contributed by atoms with van der Waals surface area (Å²) in [6.45, 7) is 0. The molecule has 0 aliphatic rings. The van der Waals surface area contributed by atoms with Crippen LogP contribution in [0.1, 0.15) is 10.5 Å². The van der Waals surface area contributed by atoms with Crippen LogP contribution in [0.25, 0.3) is 0 Å². The molecule has 0 atom stereocenters. The van der Waals surface area contributed by atoms with Gasteiger partial charge in [-0.1, -0.05) is 0 Å². The molecule has 1 amide bonds. The molecule has 98 valence electrons. The molecule has 0 unspecified atom stereocenters. The van der Waals surface area contributed by atoms with E-state index in [1.54, 1.807) is 41.2 Å². The number of pyridine rings is 1. The monoisotopic (exact) mass is 356 g/mol. The van der Waals surface area contributed by atoms with Crippen LogP contribution >= 0.6 is 9.69 Å². The topological polar surface area (TPSA) is 51.0 Å². The van der Waals surface area contributed by atoms with Crippen molar-refractivity contribution in [2.24, 2.45) is 7.05 Å². The van der Waals surface area contributed by atoms with Crippen LogP contribution in [0.5, 0.6) is 0 Å². The summed E-state index contributed by atoms with van der Waals surface area (Å²) in [5.41, 5.74) is 1.29. The normalized spacial score (nSPS) is 8.95. The van der Waals surface area contributed by atoms with Gasteiger partial charge in [0.15, 0.2) is 0 Å². The SMILES string of the molecule is CN(C(=O)c1cn[c]([Zn][Cl])n1C)c1cccnc1.[Cl-].[Li+]. The Labute approximate surface area is 147 Å². The molecule has 0 aliphatic heterocycles. The van der Waals surface area contributed by atoms with E-state index in [2.05, 4.69) is 9.97 Å². The Hall–Kier alpha value is -0.369. The Morgan fingerprint density at radius 2 is 2.15 bits per heavy atom. The van der Waals surface area contributed by atoms with E-state index in [9.17, 15) is 4.79 Å². The fourth-order valence-corrected chi connectivity index (χ4v) is 3.97. The third kappa shape index (κ3) is 4.07. The molecule has 0 N–H and O–H groups in total. The van der Waals surface area contributed by atoms with Gasteiger partial charge in [-0.3, -0.25) is 0 Å². The Morgan fingerprint density at radius 1 is 1.45 bits per heavy atom. The van der Waals surface area contributed by atoms with Crippen LogP contribution in [0.4, 0.5) is 5.69 Å². The first-order valence-electron chi connectivity index (χ1n) is 5.39. The summed E-state index contributed by atoms with van der Waals surface area (Å²) < 4.78 is 2.63. The van der Waals surface area contributed by atoms with E-state index in [-0.39, 0.29) is 37.2 Å². The molecule has 0 bridgehead atoms. The van der Waals surface area contributed by atoms with Gasteiger partial charge in [0.05, 0.1) is 0 Å². The van der Waals surface area contributed by atoms with Crippen molar-refractivity contribution in [2.45, 2.75) is 0 Å². The van der Waals surface area contributed by atoms with Crippen LogP contribution in [0.3, 0.4) is 0 Å². The fourth-order valence-electron chi connectivity index (χ4n) is 1.61. The van der Waals surface area contributed by atoms with Gasteiger partial charge in [0.2, 0.25) is 0 Å². The summed E-state index contributed by atoms with van der Waals surface area (Å²) in [7, 11) is 9.45. The first-order valence-corrected chi connectivity index (χ1v) is 10.8. The minimum absolute atomic E-state index is 0. The number of hydrogen-bond donors (Lipinski definition) is 0. The molecule has 0 saturated carbocycles. The van der Waals surface area contributed by atoms with E-state index < -0.39 is 16.1 Å². The Bertz CT molecular complexity index is 567. The van der Waals surface area contributed by atoms with Crippen LogP contribution in [0.15, 0.2) is 30.7 Å². The molecular formula is C11H11Cl2LiN4OZn. The number of aromatic nitrogens is 3. The Kier molecular flexibility index (Phi) is 8.65. The molecule has 2 heterocycles. The molecule has 5 nitrogen and oxygen atoms in total. The van der Waals surface area contributed by atoms with Crippen molar-refractivity contribution in [3.63, 3.8) is 0 Å². The van der Waals surface area contributed by atoms with Gasteiger partial charge in [0.25, 0.3) is 0 Å². The van der Waals surface area contributed by atoms with E-state index in [4.69, 9.17) is 9.69 Å². The molecule has 2 rings (SSSR count). The van der Waals surface area contributed by atoms with Crippen molar-refractivity contribution in [1.29, 1.82) is 0 Å². The van der Waals surface area contributed by atoms with Gasteiger partial charge in [-0.2, -0.15) is 0 Å². The number of carbonyl (C=O) groups excluding carboxylic acids is 1. The number of anilines is 1. The van der Waals surface area contributed by atoms with E-state index in [0.717, 1.165) is 10.1 Å². The van der Waals surface area contributed by atoms with Crippen LogP contribution in [0.2, 0.25) is 0 Å². The van der Waals surface area contributed by atoms with Gasteiger partial charge in [-0.15, -0.1) is 0 Å². The molecule has 0 fully saturated rings. The minimum atomic E-state index is -1.31. The number of halogens is 2. The zero-order valence-electron chi connectivity index (χ0n) is 11.5. The van der Waals surface area contributed by atoms with E-state index in [0.29, 0.717) is 5.69 Å². The zero-order valence-corrected chi connectivity index (χ0v) is 16.0. The number of nitrogens with zero attached hydrogens (tertiary/aromatic N) is 4. The molecule has 0 aliphatic carbocycles. The van der Waals surface area contributed by atoms with Crippen molar-refractivity contribution >= 4 is 25.7 Å². The molecule has 20 heavy (non-hydrogen) atoms. The van der Waals surface area contributed by atoms with Gasteiger partial charge >= 0.3 is 135 Å². The van der Waals surface area contributed by atoms with Crippen LogP contribution < -0.4 is 40.6 Å². The molecule has 0 saturated heterocycles. The number of hydrogen-bond acceptors (Lipinski definition) is 3. The van der Waals surface area contributed by atoms with Gasteiger partial charge in [-0.05, 0) is 0 Å². The predicted octanol–water partition coefficient (Wildman–Crippen LogP) is -5.04. The second-order valence-corrected chi connectivity index (χ2v) is 7.10. The molecule has 0 aromatic carbocycles.